The summed E-state index contributed by atoms with van der Waals surface area (Å²) in [6.45, 7) is 7.67. The van der Waals surface area contributed by atoms with Crippen molar-refractivity contribution in [1.29, 1.82) is 0 Å². The molecule has 1 aliphatic heterocycles. The maximum atomic E-state index is 9.95. The molecule has 0 radical (unpaired) electrons. The number of allylic oxidation sites excluding steroid dienone is 1. The third-order valence-electron chi connectivity index (χ3n) is 2.88. The summed E-state index contributed by atoms with van der Waals surface area (Å²) in [7, 11) is 0. The van der Waals surface area contributed by atoms with Gasteiger partial charge in [-0.15, -0.1) is 0 Å². The first-order chi connectivity index (χ1) is 7.38. The number of fused-ring (bicyclic) bond motifs is 1. The summed E-state index contributed by atoms with van der Waals surface area (Å²) in [5, 5.41) is 9.95. The van der Waals surface area contributed by atoms with Crippen molar-refractivity contribution in [2.45, 2.75) is 39.2 Å². The molecular formula is C14H18O2. The van der Waals surface area contributed by atoms with E-state index in [4.69, 9.17) is 4.74 Å². The maximum Gasteiger partial charge on any atom is 0.132 e. The van der Waals surface area contributed by atoms with Gasteiger partial charge in [-0.25, -0.2) is 0 Å². The minimum atomic E-state index is -0.920. The Bertz CT molecular complexity index is 439. The van der Waals surface area contributed by atoms with Crippen LogP contribution in [0.5, 0.6) is 5.75 Å². The number of hydrogen-bond donors (Lipinski definition) is 1. The Morgan fingerprint density at radius 2 is 2.00 bits per heavy atom. The number of ether oxygens (including phenoxy) is 1. The molecule has 1 N–H and O–H groups in total. The lowest BCUT2D eigenvalue weighted by Crippen LogP contribution is -2.28. The fraction of sp³-hybridized carbons (Fsp3) is 0.429. The molecule has 0 bridgehead atoms. The average Bonchev–Trinajstić information content (AvgIpc) is 2.17. The minimum absolute atomic E-state index is 0.282. The van der Waals surface area contributed by atoms with E-state index >= 15 is 0 Å². The highest BCUT2D eigenvalue weighted by Gasteiger charge is 2.27. The van der Waals surface area contributed by atoms with Gasteiger partial charge in [0, 0.05) is 11.5 Å². The van der Waals surface area contributed by atoms with Crippen LogP contribution in [0.2, 0.25) is 0 Å². The summed E-state index contributed by atoms with van der Waals surface area (Å²) in [5.41, 5.74) is 1.50. The van der Waals surface area contributed by atoms with Crippen molar-refractivity contribution in [3.05, 3.63) is 41.2 Å². The van der Waals surface area contributed by atoms with Crippen molar-refractivity contribution in [1.82, 2.24) is 0 Å². The van der Waals surface area contributed by atoms with Gasteiger partial charge in [0.1, 0.15) is 17.1 Å². The molecule has 0 saturated carbocycles. The second-order valence-corrected chi connectivity index (χ2v) is 5.02. The highest BCUT2D eigenvalue weighted by atomic mass is 16.5. The predicted octanol–water partition coefficient (Wildman–Crippen LogP) is 3.15. The zero-order chi connectivity index (χ0) is 11.9. The molecule has 1 aromatic carbocycles. The first kappa shape index (κ1) is 11.2. The lowest BCUT2D eigenvalue weighted by molar-refractivity contribution is 0.0748. The fourth-order valence-corrected chi connectivity index (χ4v) is 1.91. The molecule has 1 aromatic rings. The van der Waals surface area contributed by atoms with Crippen molar-refractivity contribution >= 4 is 0 Å². The van der Waals surface area contributed by atoms with E-state index in [0.29, 0.717) is 5.76 Å². The van der Waals surface area contributed by atoms with Crippen LogP contribution < -0.4 is 4.74 Å². The first-order valence-corrected chi connectivity index (χ1v) is 5.61. The largest absolute Gasteiger partial charge is 0.459 e. The molecule has 0 fully saturated rings. The maximum absolute atomic E-state index is 9.95. The monoisotopic (exact) mass is 218 g/mol. The molecule has 0 aromatic heterocycles. The molecule has 1 aliphatic rings. The van der Waals surface area contributed by atoms with Gasteiger partial charge in [0.25, 0.3) is 0 Å². The van der Waals surface area contributed by atoms with Gasteiger partial charge in [0.15, 0.2) is 0 Å². The predicted molar refractivity (Wildman–Crippen MR) is 64.6 cm³/mol. The van der Waals surface area contributed by atoms with Crippen LogP contribution in [0.1, 0.15) is 37.8 Å². The van der Waals surface area contributed by atoms with Gasteiger partial charge in [-0.3, -0.25) is 0 Å². The van der Waals surface area contributed by atoms with Crippen molar-refractivity contribution in [2.75, 3.05) is 0 Å². The normalized spacial score (nSPS) is 19.8. The summed E-state index contributed by atoms with van der Waals surface area (Å²) in [4.78, 5) is 0. The topological polar surface area (TPSA) is 29.5 Å². The lowest BCUT2D eigenvalue weighted by Gasteiger charge is -2.29. The van der Waals surface area contributed by atoms with Crippen LogP contribution in [-0.2, 0) is 0 Å². The van der Waals surface area contributed by atoms with E-state index in [2.05, 4.69) is 19.9 Å². The number of benzene rings is 1. The average molecular weight is 218 g/mol. The smallest absolute Gasteiger partial charge is 0.132 e. The summed E-state index contributed by atoms with van der Waals surface area (Å²) in [6, 6.07) is 6.14. The van der Waals surface area contributed by atoms with E-state index in [1.807, 2.05) is 18.2 Å². The van der Waals surface area contributed by atoms with Gasteiger partial charge in [-0.2, -0.15) is 0 Å². The van der Waals surface area contributed by atoms with Crippen LogP contribution in [0, 0.1) is 6.92 Å². The van der Waals surface area contributed by atoms with Gasteiger partial charge < -0.3 is 9.84 Å². The Balaban J connectivity index is 2.42. The van der Waals surface area contributed by atoms with Crippen molar-refractivity contribution < 1.29 is 9.84 Å². The fourth-order valence-electron chi connectivity index (χ4n) is 1.91. The van der Waals surface area contributed by atoms with E-state index < -0.39 is 5.60 Å². The Kier molecular flexibility index (Phi) is 2.55. The van der Waals surface area contributed by atoms with Crippen LogP contribution in [0.15, 0.2) is 30.0 Å². The number of aliphatic hydroxyl groups is 1. The van der Waals surface area contributed by atoms with Crippen molar-refractivity contribution in [3.63, 3.8) is 0 Å². The molecule has 1 atom stereocenters. The molecule has 2 nitrogen and oxygen atoms in total. The Hall–Kier alpha value is -1.28. The van der Waals surface area contributed by atoms with Crippen molar-refractivity contribution in [2.24, 2.45) is 0 Å². The molecule has 0 aliphatic carbocycles. The molecule has 2 rings (SSSR count). The molecule has 2 heteroatoms. The second-order valence-electron chi connectivity index (χ2n) is 5.02. The first-order valence-electron chi connectivity index (χ1n) is 5.61. The van der Waals surface area contributed by atoms with Gasteiger partial charge >= 0.3 is 0 Å². The summed E-state index contributed by atoms with van der Waals surface area (Å²) in [5.74, 6) is 1.78. The van der Waals surface area contributed by atoms with E-state index in [1.165, 1.54) is 11.1 Å². The molecule has 0 saturated heterocycles. The lowest BCUT2D eigenvalue weighted by atomic mass is 9.92. The molecular weight excluding hydrogens is 200 g/mol. The van der Waals surface area contributed by atoms with Crippen LogP contribution in [0.4, 0.5) is 0 Å². The highest BCUT2D eigenvalue weighted by Crippen LogP contribution is 2.37. The third-order valence-corrected chi connectivity index (χ3v) is 2.88. The Morgan fingerprint density at radius 1 is 1.31 bits per heavy atom. The highest BCUT2D eigenvalue weighted by molar-refractivity contribution is 5.45. The molecule has 0 amide bonds. The minimum Gasteiger partial charge on any atom is -0.459 e. The van der Waals surface area contributed by atoms with Gasteiger partial charge in [-0.05, 0) is 32.9 Å². The van der Waals surface area contributed by atoms with Gasteiger partial charge in [0.05, 0.1) is 0 Å². The van der Waals surface area contributed by atoms with Crippen LogP contribution in [0.3, 0.4) is 0 Å². The number of aryl methyl sites for hydroxylation is 1. The summed E-state index contributed by atoms with van der Waals surface area (Å²) < 4.78 is 5.73. The zero-order valence-electron chi connectivity index (χ0n) is 10.2. The van der Waals surface area contributed by atoms with E-state index in [0.717, 1.165) is 5.75 Å². The third kappa shape index (κ3) is 1.98. The Morgan fingerprint density at radius 3 is 2.62 bits per heavy atom. The van der Waals surface area contributed by atoms with Crippen LogP contribution in [0.25, 0.3) is 0 Å². The van der Waals surface area contributed by atoms with E-state index in [-0.39, 0.29) is 5.92 Å². The van der Waals surface area contributed by atoms with Gasteiger partial charge in [0.2, 0.25) is 0 Å². The molecule has 1 unspecified atom stereocenters. The van der Waals surface area contributed by atoms with Crippen LogP contribution in [-0.4, -0.2) is 10.7 Å². The SMILES string of the molecule is Cc1ccc2c(c1)C(C)C=C(C(C)(C)O)O2. The Labute approximate surface area is 96.6 Å². The number of rotatable bonds is 1. The molecule has 0 spiro atoms. The van der Waals surface area contributed by atoms with Crippen molar-refractivity contribution in [3.8, 4) is 5.75 Å². The van der Waals surface area contributed by atoms with Gasteiger partial charge in [-0.1, -0.05) is 24.6 Å². The molecule has 86 valence electrons. The molecule has 16 heavy (non-hydrogen) atoms. The number of hydrogen-bond acceptors (Lipinski definition) is 2. The van der Waals surface area contributed by atoms with E-state index in [1.54, 1.807) is 13.8 Å². The van der Waals surface area contributed by atoms with Crippen LogP contribution >= 0.6 is 0 Å². The quantitative estimate of drug-likeness (QED) is 0.784. The summed E-state index contributed by atoms with van der Waals surface area (Å²) >= 11 is 0. The molecule has 1 heterocycles. The second kappa shape index (κ2) is 3.63. The standard InChI is InChI=1S/C14H18O2/c1-9-5-6-12-11(7-9)10(2)8-13(16-12)14(3,4)15/h5-8,10,15H,1-4H3. The summed E-state index contributed by atoms with van der Waals surface area (Å²) in [6.07, 6.45) is 1.99. The zero-order valence-corrected chi connectivity index (χ0v) is 10.2. The van der Waals surface area contributed by atoms with E-state index in [9.17, 15) is 5.11 Å².